The van der Waals surface area contributed by atoms with Gasteiger partial charge in [0.15, 0.2) is 4.77 Å². The quantitative estimate of drug-likeness (QED) is 0.678. The first kappa shape index (κ1) is 13.9. The van der Waals surface area contributed by atoms with Crippen molar-refractivity contribution in [2.24, 2.45) is 0 Å². The normalized spacial score (nSPS) is 11.3. The number of nitrogens with zero attached hydrogens (tertiary/aromatic N) is 2. The molecule has 0 aliphatic heterocycles. The van der Waals surface area contributed by atoms with Crippen molar-refractivity contribution >= 4 is 50.5 Å². The van der Waals surface area contributed by atoms with E-state index < -0.39 is 0 Å². The van der Waals surface area contributed by atoms with Gasteiger partial charge in [0.25, 0.3) is 0 Å². The maximum absolute atomic E-state index is 13.7. The van der Waals surface area contributed by atoms with Gasteiger partial charge in [0, 0.05) is 17.1 Å². The Morgan fingerprint density at radius 3 is 3.00 bits per heavy atom. The third-order valence-electron chi connectivity index (χ3n) is 3.06. The van der Waals surface area contributed by atoms with E-state index in [0.29, 0.717) is 15.8 Å². The van der Waals surface area contributed by atoms with Crippen molar-refractivity contribution in [3.63, 3.8) is 0 Å². The van der Waals surface area contributed by atoms with Gasteiger partial charge in [-0.3, -0.25) is 0 Å². The maximum Gasteiger partial charge on any atom is 0.178 e. The molecule has 2 aromatic heterocycles. The molecule has 0 amide bonds. The monoisotopic (exact) mass is 371 g/mol. The lowest BCUT2D eigenvalue weighted by Gasteiger charge is -2.02. The molecule has 0 aliphatic rings. The second kappa shape index (κ2) is 5.38. The molecule has 0 saturated heterocycles. The van der Waals surface area contributed by atoms with Crippen LogP contribution in [0.25, 0.3) is 11.0 Å². The number of H-pyrrole nitrogens is 1. The first-order valence-corrected chi connectivity index (χ1v) is 8.11. The average Bonchev–Trinajstić information content (AvgIpc) is 2.98. The summed E-state index contributed by atoms with van der Waals surface area (Å²) in [4.78, 5) is 8.71. The summed E-state index contributed by atoms with van der Waals surface area (Å²) in [6.45, 7) is 2.66. The molecule has 1 N–H and O–H groups in total. The summed E-state index contributed by atoms with van der Waals surface area (Å²) in [5, 5.41) is 0.974. The number of fused-ring (bicyclic) bond motifs is 1. The Morgan fingerprint density at radius 1 is 1.50 bits per heavy atom. The molecule has 7 heteroatoms. The molecule has 0 aliphatic carbocycles. The number of nitrogens with one attached hydrogen (secondary N) is 1. The molecule has 0 saturated carbocycles. The number of hydrogen-bond donors (Lipinski definition) is 1. The number of aryl methyl sites for hydroxylation is 1. The van der Waals surface area contributed by atoms with Gasteiger partial charge >= 0.3 is 0 Å². The summed E-state index contributed by atoms with van der Waals surface area (Å²) < 4.78 is 16.6. The first-order valence-electron chi connectivity index (χ1n) is 6.09. The molecule has 3 aromatic rings. The van der Waals surface area contributed by atoms with Crippen molar-refractivity contribution < 1.29 is 4.39 Å². The summed E-state index contributed by atoms with van der Waals surface area (Å²) in [6.07, 6.45) is 2.86. The van der Waals surface area contributed by atoms with Crippen molar-refractivity contribution in [2.75, 3.05) is 0 Å². The highest BCUT2D eigenvalue weighted by molar-refractivity contribution is 9.10. The SMILES string of the molecule is CCc1cnc(Cn2c(=S)[nH]c3cc(Br)c(F)cc32)s1. The van der Waals surface area contributed by atoms with Gasteiger partial charge in [-0.25, -0.2) is 9.37 Å². The molecule has 3 nitrogen and oxygen atoms in total. The van der Waals surface area contributed by atoms with Crippen LogP contribution in [0.5, 0.6) is 0 Å². The molecule has 0 unspecified atom stereocenters. The van der Waals surface area contributed by atoms with E-state index in [0.717, 1.165) is 22.5 Å². The lowest BCUT2D eigenvalue weighted by atomic mass is 10.3. The molecule has 0 bridgehead atoms. The predicted octanol–water partition coefficient (Wildman–Crippen LogP) is 4.67. The summed E-state index contributed by atoms with van der Waals surface area (Å²) in [6, 6.07) is 3.19. The number of halogens is 2. The minimum absolute atomic E-state index is 0.298. The largest absolute Gasteiger partial charge is 0.331 e. The van der Waals surface area contributed by atoms with Crippen LogP contribution in [-0.4, -0.2) is 14.5 Å². The van der Waals surface area contributed by atoms with Crippen LogP contribution in [-0.2, 0) is 13.0 Å². The van der Waals surface area contributed by atoms with Crippen molar-refractivity contribution in [3.8, 4) is 0 Å². The number of imidazole rings is 1. The molecule has 0 fully saturated rings. The molecule has 0 spiro atoms. The number of aromatic nitrogens is 3. The molecule has 0 radical (unpaired) electrons. The smallest absolute Gasteiger partial charge is 0.178 e. The van der Waals surface area contributed by atoms with Crippen molar-refractivity contribution in [1.29, 1.82) is 0 Å². The zero-order chi connectivity index (χ0) is 14.3. The van der Waals surface area contributed by atoms with E-state index in [-0.39, 0.29) is 5.82 Å². The van der Waals surface area contributed by atoms with Crippen LogP contribution in [0.3, 0.4) is 0 Å². The van der Waals surface area contributed by atoms with E-state index in [9.17, 15) is 4.39 Å². The number of rotatable bonds is 3. The predicted molar refractivity (Wildman–Crippen MR) is 85.4 cm³/mol. The Kier molecular flexibility index (Phi) is 3.74. The minimum atomic E-state index is -0.298. The molecule has 0 atom stereocenters. The minimum Gasteiger partial charge on any atom is -0.331 e. The number of aromatic amines is 1. The standard InChI is InChI=1S/C13H11BrFN3S2/c1-2-7-5-16-12(20-7)6-18-11-4-9(15)8(14)3-10(11)17-13(18)19/h3-5H,2,6H2,1H3,(H,17,19). The van der Waals surface area contributed by atoms with E-state index in [1.165, 1.54) is 10.9 Å². The van der Waals surface area contributed by atoms with Crippen LogP contribution in [0.1, 0.15) is 16.8 Å². The lowest BCUT2D eigenvalue weighted by Crippen LogP contribution is -1.99. The Hall–Kier alpha value is -1.05. The summed E-state index contributed by atoms with van der Waals surface area (Å²) >= 11 is 10.2. The second-order valence-corrected chi connectivity index (χ2v) is 6.81. The van der Waals surface area contributed by atoms with Crippen molar-refractivity contribution in [2.45, 2.75) is 19.9 Å². The Bertz CT molecular complexity index is 834. The molecule has 2 heterocycles. The van der Waals surface area contributed by atoms with E-state index in [2.05, 4.69) is 32.8 Å². The van der Waals surface area contributed by atoms with Crippen molar-refractivity contribution in [3.05, 3.63) is 43.3 Å². The Labute approximate surface area is 132 Å². The fourth-order valence-corrected chi connectivity index (χ4v) is 3.50. The average molecular weight is 372 g/mol. The number of hydrogen-bond acceptors (Lipinski definition) is 3. The number of benzene rings is 1. The maximum atomic E-state index is 13.7. The van der Waals surface area contributed by atoms with Crippen LogP contribution in [0.2, 0.25) is 0 Å². The van der Waals surface area contributed by atoms with Gasteiger partial charge in [-0.2, -0.15) is 0 Å². The second-order valence-electron chi connectivity index (χ2n) is 4.37. The third-order valence-corrected chi connectivity index (χ3v) is 5.12. The van der Waals surface area contributed by atoms with E-state index in [4.69, 9.17) is 12.2 Å². The Balaban J connectivity index is 2.08. The van der Waals surface area contributed by atoms with Crippen LogP contribution in [0.4, 0.5) is 4.39 Å². The summed E-state index contributed by atoms with van der Waals surface area (Å²) in [5.74, 6) is -0.298. The zero-order valence-electron chi connectivity index (χ0n) is 10.6. The fraction of sp³-hybridized carbons (Fsp3) is 0.231. The van der Waals surface area contributed by atoms with Gasteiger partial charge in [0.05, 0.1) is 22.1 Å². The van der Waals surface area contributed by atoms with Crippen LogP contribution >= 0.6 is 39.5 Å². The molecule has 104 valence electrons. The topological polar surface area (TPSA) is 33.6 Å². The first-order chi connectivity index (χ1) is 9.58. The zero-order valence-corrected chi connectivity index (χ0v) is 13.8. The van der Waals surface area contributed by atoms with Crippen LogP contribution in [0, 0.1) is 10.6 Å². The van der Waals surface area contributed by atoms with Crippen molar-refractivity contribution in [1.82, 2.24) is 14.5 Å². The van der Waals surface area contributed by atoms with Gasteiger partial charge < -0.3 is 9.55 Å². The molecule has 1 aromatic carbocycles. The van der Waals surface area contributed by atoms with E-state index in [1.807, 2.05) is 10.8 Å². The van der Waals surface area contributed by atoms with Gasteiger partial charge in [0.2, 0.25) is 0 Å². The Morgan fingerprint density at radius 2 is 2.30 bits per heavy atom. The summed E-state index contributed by atoms with van der Waals surface area (Å²) in [5.41, 5.74) is 1.57. The van der Waals surface area contributed by atoms with E-state index in [1.54, 1.807) is 17.4 Å². The summed E-state index contributed by atoms with van der Waals surface area (Å²) in [7, 11) is 0. The van der Waals surface area contributed by atoms with Crippen LogP contribution in [0.15, 0.2) is 22.8 Å². The highest BCUT2D eigenvalue weighted by atomic mass is 79.9. The number of thiazole rings is 1. The molecule has 3 rings (SSSR count). The fourth-order valence-electron chi connectivity index (χ4n) is 2.03. The molecule has 20 heavy (non-hydrogen) atoms. The van der Waals surface area contributed by atoms with Gasteiger partial charge in [0.1, 0.15) is 10.8 Å². The van der Waals surface area contributed by atoms with Gasteiger partial charge in [-0.1, -0.05) is 6.92 Å². The van der Waals surface area contributed by atoms with Gasteiger partial charge in [-0.15, -0.1) is 11.3 Å². The van der Waals surface area contributed by atoms with E-state index >= 15 is 0 Å². The highest BCUT2D eigenvalue weighted by Crippen LogP contribution is 2.24. The highest BCUT2D eigenvalue weighted by Gasteiger charge is 2.10. The molecular formula is C13H11BrFN3S2. The third kappa shape index (κ3) is 2.45. The van der Waals surface area contributed by atoms with Crippen LogP contribution < -0.4 is 0 Å². The lowest BCUT2D eigenvalue weighted by molar-refractivity contribution is 0.622. The molecular weight excluding hydrogens is 361 g/mol. The van der Waals surface area contributed by atoms with Gasteiger partial charge in [-0.05, 0) is 40.6 Å².